The zero-order valence-electron chi connectivity index (χ0n) is 10.8. The Morgan fingerprint density at radius 1 is 1.00 bits per heavy atom. The molecule has 0 bridgehead atoms. The minimum absolute atomic E-state index is 0.0103. The lowest BCUT2D eigenvalue weighted by atomic mass is 10.1. The van der Waals surface area contributed by atoms with Crippen LogP contribution in [0.1, 0.15) is 51.4 Å². The van der Waals surface area contributed by atoms with Crippen LogP contribution in [0.15, 0.2) is 0 Å². The maximum atomic E-state index is 11.5. The Morgan fingerprint density at radius 2 is 1.61 bits per heavy atom. The molecule has 1 aliphatic rings. The van der Waals surface area contributed by atoms with Gasteiger partial charge in [-0.05, 0) is 12.8 Å². The third-order valence-electron chi connectivity index (χ3n) is 3.08. The summed E-state index contributed by atoms with van der Waals surface area (Å²) in [6.45, 7) is 0.617. The maximum Gasteiger partial charge on any atom is 0.288 e. The molecular formula is C13H22BrNO2S. The molecule has 1 fully saturated rings. The van der Waals surface area contributed by atoms with Crippen molar-refractivity contribution >= 4 is 38.8 Å². The molecule has 0 aromatic carbocycles. The molecule has 18 heavy (non-hydrogen) atoms. The van der Waals surface area contributed by atoms with Crippen LogP contribution in [0.5, 0.6) is 0 Å². The first kappa shape index (κ1) is 16.0. The van der Waals surface area contributed by atoms with Crippen LogP contribution >= 0.6 is 27.7 Å². The van der Waals surface area contributed by atoms with Gasteiger partial charge in [0.1, 0.15) is 0 Å². The first-order valence-corrected chi connectivity index (χ1v) is 8.89. The van der Waals surface area contributed by atoms with Crippen molar-refractivity contribution < 1.29 is 9.59 Å². The van der Waals surface area contributed by atoms with Gasteiger partial charge in [0.05, 0.1) is 0 Å². The molecule has 0 spiro atoms. The van der Waals surface area contributed by atoms with Gasteiger partial charge in [-0.25, -0.2) is 0 Å². The summed E-state index contributed by atoms with van der Waals surface area (Å²) in [6.07, 6.45) is 8.92. The van der Waals surface area contributed by atoms with Crippen molar-refractivity contribution in [1.29, 1.82) is 0 Å². The van der Waals surface area contributed by atoms with Crippen LogP contribution in [0.4, 0.5) is 4.79 Å². The minimum atomic E-state index is -0.0522. The van der Waals surface area contributed by atoms with Gasteiger partial charge in [0.2, 0.25) is 5.91 Å². The topological polar surface area (TPSA) is 37.4 Å². The van der Waals surface area contributed by atoms with Crippen molar-refractivity contribution in [2.75, 3.05) is 17.6 Å². The summed E-state index contributed by atoms with van der Waals surface area (Å²) in [6, 6.07) is 0. The lowest BCUT2D eigenvalue weighted by molar-refractivity contribution is -0.127. The van der Waals surface area contributed by atoms with Gasteiger partial charge in [-0.2, -0.15) is 0 Å². The monoisotopic (exact) mass is 335 g/mol. The highest BCUT2D eigenvalue weighted by molar-refractivity contribution is 9.09. The molecular weight excluding hydrogens is 314 g/mol. The molecule has 0 aromatic rings. The molecule has 0 unspecified atom stereocenters. The Hall–Kier alpha value is -0.0300. The van der Waals surface area contributed by atoms with Crippen LogP contribution in [0.2, 0.25) is 0 Å². The van der Waals surface area contributed by atoms with Gasteiger partial charge in [0, 0.05) is 24.0 Å². The Balaban J connectivity index is 2.00. The number of unbranched alkanes of at least 4 members (excludes halogenated alkanes) is 6. The fourth-order valence-electron chi connectivity index (χ4n) is 2.00. The molecule has 0 aromatic heterocycles. The van der Waals surface area contributed by atoms with Gasteiger partial charge in [0.15, 0.2) is 0 Å². The molecule has 1 heterocycles. The van der Waals surface area contributed by atoms with Crippen LogP contribution in [0.3, 0.4) is 0 Å². The molecule has 1 saturated heterocycles. The second kappa shape index (κ2) is 9.84. The molecule has 3 nitrogen and oxygen atoms in total. The molecule has 0 N–H and O–H groups in total. The lowest BCUT2D eigenvalue weighted by Gasteiger charge is -2.23. The first-order valence-electron chi connectivity index (χ1n) is 6.79. The first-order chi connectivity index (χ1) is 8.75. The summed E-state index contributed by atoms with van der Waals surface area (Å²) in [5, 5.41) is 1.05. The van der Waals surface area contributed by atoms with Crippen LogP contribution in [-0.2, 0) is 4.79 Å². The molecule has 0 radical (unpaired) electrons. The normalized spacial score (nSPS) is 16.4. The van der Waals surface area contributed by atoms with Crippen molar-refractivity contribution in [2.24, 2.45) is 0 Å². The zero-order chi connectivity index (χ0) is 13.2. The Kier molecular flexibility index (Phi) is 8.76. The van der Waals surface area contributed by atoms with E-state index in [0.717, 1.165) is 18.2 Å². The summed E-state index contributed by atoms with van der Waals surface area (Å²) in [5.74, 6) is 0.665. The van der Waals surface area contributed by atoms with Gasteiger partial charge in [-0.15, -0.1) is 0 Å². The van der Waals surface area contributed by atoms with E-state index < -0.39 is 0 Å². The average Bonchev–Trinajstić information content (AvgIpc) is 2.35. The molecule has 104 valence electrons. The Morgan fingerprint density at radius 3 is 2.22 bits per heavy atom. The van der Waals surface area contributed by atoms with Crippen LogP contribution < -0.4 is 0 Å². The number of amides is 2. The van der Waals surface area contributed by atoms with Gasteiger partial charge >= 0.3 is 0 Å². The Labute approximate surface area is 122 Å². The van der Waals surface area contributed by atoms with Crippen LogP contribution in [0, 0.1) is 0 Å². The predicted octanol–water partition coefficient (Wildman–Crippen LogP) is 4.20. The summed E-state index contributed by atoms with van der Waals surface area (Å²) in [4.78, 5) is 24.5. The van der Waals surface area contributed by atoms with E-state index in [-0.39, 0.29) is 11.1 Å². The van der Waals surface area contributed by atoms with Crippen molar-refractivity contribution in [2.45, 2.75) is 51.4 Å². The van der Waals surface area contributed by atoms with Gasteiger partial charge < -0.3 is 0 Å². The second-order valence-electron chi connectivity index (χ2n) is 4.57. The molecule has 0 atom stereocenters. The fourth-order valence-corrected chi connectivity index (χ4v) is 3.20. The van der Waals surface area contributed by atoms with E-state index >= 15 is 0 Å². The summed E-state index contributed by atoms with van der Waals surface area (Å²) in [5.41, 5.74) is 0. The van der Waals surface area contributed by atoms with E-state index in [9.17, 15) is 9.59 Å². The predicted molar refractivity (Wildman–Crippen MR) is 80.3 cm³/mol. The van der Waals surface area contributed by atoms with E-state index in [1.165, 1.54) is 48.8 Å². The van der Waals surface area contributed by atoms with Crippen LogP contribution in [0.25, 0.3) is 0 Å². The number of carbonyl (C=O) groups is 2. The van der Waals surface area contributed by atoms with E-state index in [1.807, 2.05) is 0 Å². The fraction of sp³-hybridized carbons (Fsp3) is 0.846. The molecule has 0 saturated carbocycles. The number of carbonyl (C=O) groups excluding carboxylic acids is 2. The van der Waals surface area contributed by atoms with Crippen molar-refractivity contribution in [3.63, 3.8) is 0 Å². The third-order valence-corrected chi connectivity index (χ3v) is 4.51. The minimum Gasteiger partial charge on any atom is -0.274 e. The van der Waals surface area contributed by atoms with Crippen molar-refractivity contribution in [3.8, 4) is 0 Å². The highest BCUT2D eigenvalue weighted by atomic mass is 79.9. The van der Waals surface area contributed by atoms with Gasteiger partial charge in [0.25, 0.3) is 5.24 Å². The molecule has 5 heteroatoms. The van der Waals surface area contributed by atoms with Crippen molar-refractivity contribution in [1.82, 2.24) is 4.90 Å². The highest BCUT2D eigenvalue weighted by Crippen LogP contribution is 2.19. The number of nitrogens with zero attached hydrogens (tertiary/aromatic N) is 1. The number of hydrogen-bond acceptors (Lipinski definition) is 3. The van der Waals surface area contributed by atoms with Gasteiger partial charge in [-0.3, -0.25) is 14.5 Å². The number of thioether (sulfide) groups is 1. The largest absolute Gasteiger partial charge is 0.288 e. The van der Waals surface area contributed by atoms with E-state index in [2.05, 4.69) is 15.9 Å². The smallest absolute Gasteiger partial charge is 0.274 e. The summed E-state index contributed by atoms with van der Waals surface area (Å²) >= 11 is 4.70. The lowest BCUT2D eigenvalue weighted by Crippen LogP contribution is -2.38. The summed E-state index contributed by atoms with van der Waals surface area (Å²) < 4.78 is 0. The maximum absolute atomic E-state index is 11.5. The number of rotatable bonds is 9. The number of imide groups is 1. The molecule has 0 aliphatic carbocycles. The molecule has 1 rings (SSSR count). The molecule has 2 amide bonds. The van der Waals surface area contributed by atoms with Gasteiger partial charge in [-0.1, -0.05) is 59.8 Å². The third kappa shape index (κ3) is 6.23. The SMILES string of the molecule is O=C1CCSC(=O)N1CCCCCCCCCBr. The number of hydrogen-bond donors (Lipinski definition) is 0. The number of alkyl halides is 1. The summed E-state index contributed by atoms with van der Waals surface area (Å²) in [7, 11) is 0. The van der Waals surface area contributed by atoms with E-state index in [4.69, 9.17) is 0 Å². The average molecular weight is 336 g/mol. The van der Waals surface area contributed by atoms with E-state index in [1.54, 1.807) is 0 Å². The quantitative estimate of drug-likeness (QED) is 0.468. The van der Waals surface area contributed by atoms with E-state index in [0.29, 0.717) is 18.7 Å². The number of halogens is 1. The second-order valence-corrected chi connectivity index (χ2v) is 6.41. The van der Waals surface area contributed by atoms with Crippen molar-refractivity contribution in [3.05, 3.63) is 0 Å². The highest BCUT2D eigenvalue weighted by Gasteiger charge is 2.25. The standard InChI is InChI=1S/C13H22BrNO2S/c14-9-6-4-2-1-3-5-7-10-15-12(16)8-11-18-13(15)17/h1-11H2. The zero-order valence-corrected chi connectivity index (χ0v) is 13.2. The van der Waals surface area contributed by atoms with Crippen LogP contribution in [-0.4, -0.2) is 33.7 Å². The Bertz CT molecular complexity index is 258. The molecule has 1 aliphatic heterocycles.